The smallest absolute Gasteiger partial charge is 0.358 e. The van der Waals surface area contributed by atoms with Crippen LogP contribution in [0, 0.1) is 10.1 Å². The summed E-state index contributed by atoms with van der Waals surface area (Å²) >= 11 is 0. The van der Waals surface area contributed by atoms with Gasteiger partial charge in [-0.15, -0.1) is 0 Å². The van der Waals surface area contributed by atoms with Crippen LogP contribution < -0.4 is 5.32 Å². The van der Waals surface area contributed by atoms with E-state index in [9.17, 15) is 14.9 Å². The fourth-order valence-electron chi connectivity index (χ4n) is 2.34. The van der Waals surface area contributed by atoms with E-state index in [1.54, 1.807) is 10.9 Å². The van der Waals surface area contributed by atoms with Crippen LogP contribution in [-0.2, 0) is 17.9 Å². The Morgan fingerprint density at radius 1 is 1.20 bits per heavy atom. The molecule has 3 rings (SSSR count). The highest BCUT2D eigenvalue weighted by Gasteiger charge is 2.12. The zero-order chi connectivity index (χ0) is 17.6. The van der Waals surface area contributed by atoms with Gasteiger partial charge in [0.25, 0.3) is 0 Å². The van der Waals surface area contributed by atoms with Crippen LogP contribution in [0.15, 0.2) is 55.0 Å². The molecule has 0 spiro atoms. The molecule has 1 amide bonds. The molecular weight excluding hydrogens is 324 g/mol. The lowest BCUT2D eigenvalue weighted by Gasteiger charge is -2.07. The number of hydrogen-bond donors (Lipinski definition) is 1. The average molecular weight is 340 g/mol. The molecule has 0 bridgehead atoms. The molecule has 1 N–H and O–H groups in total. The van der Waals surface area contributed by atoms with E-state index in [2.05, 4.69) is 15.5 Å². The summed E-state index contributed by atoms with van der Waals surface area (Å²) in [7, 11) is 0. The molecule has 0 fully saturated rings. The molecule has 128 valence electrons. The van der Waals surface area contributed by atoms with Gasteiger partial charge in [0, 0.05) is 24.5 Å². The lowest BCUT2D eigenvalue weighted by Crippen LogP contribution is -2.15. The van der Waals surface area contributed by atoms with E-state index in [0.29, 0.717) is 12.2 Å². The Balaban J connectivity index is 1.54. The van der Waals surface area contributed by atoms with Crippen molar-refractivity contribution >= 4 is 17.4 Å². The molecule has 2 heterocycles. The van der Waals surface area contributed by atoms with Crippen LogP contribution in [0.1, 0.15) is 12.0 Å². The van der Waals surface area contributed by atoms with E-state index in [1.807, 2.05) is 36.5 Å². The first-order chi connectivity index (χ1) is 12.1. The minimum absolute atomic E-state index is 0.169. The molecule has 9 nitrogen and oxygen atoms in total. The van der Waals surface area contributed by atoms with E-state index >= 15 is 0 Å². The highest BCUT2D eigenvalue weighted by atomic mass is 16.6. The largest absolute Gasteiger partial charge is 0.389 e. The minimum Gasteiger partial charge on any atom is -0.358 e. The first-order valence-corrected chi connectivity index (χ1v) is 7.64. The number of benzene rings is 1. The van der Waals surface area contributed by atoms with Crippen molar-refractivity contribution in [2.24, 2.45) is 0 Å². The van der Waals surface area contributed by atoms with Gasteiger partial charge in [0.1, 0.15) is 0 Å². The van der Waals surface area contributed by atoms with Crippen molar-refractivity contribution in [1.82, 2.24) is 19.6 Å². The normalized spacial score (nSPS) is 10.6. The molecule has 25 heavy (non-hydrogen) atoms. The molecule has 0 aliphatic heterocycles. The van der Waals surface area contributed by atoms with Crippen LogP contribution in [0.3, 0.4) is 0 Å². The maximum absolute atomic E-state index is 12.1. The Morgan fingerprint density at radius 3 is 2.80 bits per heavy atom. The van der Waals surface area contributed by atoms with E-state index in [4.69, 9.17) is 0 Å². The van der Waals surface area contributed by atoms with Crippen molar-refractivity contribution in [2.45, 2.75) is 19.5 Å². The monoisotopic (exact) mass is 340 g/mol. The predicted octanol–water partition coefficient (Wildman–Crippen LogP) is 2.06. The fourth-order valence-corrected chi connectivity index (χ4v) is 2.34. The van der Waals surface area contributed by atoms with Gasteiger partial charge in [0.05, 0.1) is 30.5 Å². The molecule has 0 unspecified atom stereocenters. The van der Waals surface area contributed by atoms with E-state index in [1.165, 1.54) is 16.9 Å². The molecule has 0 saturated carbocycles. The maximum atomic E-state index is 12.1. The third-order valence-corrected chi connectivity index (χ3v) is 3.50. The lowest BCUT2D eigenvalue weighted by molar-refractivity contribution is -0.389. The molecule has 2 aromatic heterocycles. The lowest BCUT2D eigenvalue weighted by atomic mass is 10.2. The second-order valence-corrected chi connectivity index (χ2v) is 5.40. The molecular formula is C16H16N6O3. The highest BCUT2D eigenvalue weighted by Crippen LogP contribution is 2.12. The number of carbonyl (C=O) groups is 1. The third-order valence-electron chi connectivity index (χ3n) is 3.50. The molecule has 3 aromatic rings. The molecule has 0 aliphatic carbocycles. The predicted molar refractivity (Wildman–Crippen MR) is 89.9 cm³/mol. The number of amides is 1. The van der Waals surface area contributed by atoms with Crippen LogP contribution in [0.5, 0.6) is 0 Å². The Kier molecular flexibility index (Phi) is 4.84. The van der Waals surface area contributed by atoms with Crippen molar-refractivity contribution < 1.29 is 9.72 Å². The minimum atomic E-state index is -0.568. The van der Waals surface area contributed by atoms with Gasteiger partial charge in [0.2, 0.25) is 5.91 Å². The van der Waals surface area contributed by atoms with Crippen molar-refractivity contribution in [2.75, 3.05) is 5.32 Å². The zero-order valence-corrected chi connectivity index (χ0v) is 13.3. The number of aromatic nitrogens is 4. The summed E-state index contributed by atoms with van der Waals surface area (Å²) in [4.78, 5) is 22.1. The molecule has 0 radical (unpaired) electrons. The molecule has 0 atom stereocenters. The molecule has 0 aliphatic rings. The Bertz CT molecular complexity index is 872. The van der Waals surface area contributed by atoms with E-state index in [-0.39, 0.29) is 24.7 Å². The first-order valence-electron chi connectivity index (χ1n) is 7.64. The van der Waals surface area contributed by atoms with Gasteiger partial charge >= 0.3 is 5.82 Å². The highest BCUT2D eigenvalue weighted by molar-refractivity contribution is 5.90. The van der Waals surface area contributed by atoms with Gasteiger partial charge in [-0.3, -0.25) is 9.48 Å². The van der Waals surface area contributed by atoms with Crippen LogP contribution in [0.4, 0.5) is 11.5 Å². The number of anilines is 1. The Labute approximate surface area is 143 Å². The number of carbonyl (C=O) groups excluding carboxylic acids is 1. The van der Waals surface area contributed by atoms with E-state index in [0.717, 1.165) is 5.56 Å². The summed E-state index contributed by atoms with van der Waals surface area (Å²) in [6.07, 6.45) is 5.23. The first kappa shape index (κ1) is 16.4. The fraction of sp³-hybridized carbons (Fsp3) is 0.188. The molecule has 0 saturated heterocycles. The average Bonchev–Trinajstić information content (AvgIpc) is 3.25. The Morgan fingerprint density at radius 2 is 2.08 bits per heavy atom. The summed E-state index contributed by atoms with van der Waals surface area (Å²) < 4.78 is 3.18. The van der Waals surface area contributed by atoms with Gasteiger partial charge in [-0.2, -0.15) is 9.78 Å². The summed E-state index contributed by atoms with van der Waals surface area (Å²) in [6, 6.07) is 10.7. The molecule has 9 heteroatoms. The van der Waals surface area contributed by atoms with Gasteiger partial charge in [-0.05, 0) is 28.7 Å². The van der Waals surface area contributed by atoms with Gasteiger partial charge in [-0.25, -0.2) is 0 Å². The summed E-state index contributed by atoms with van der Waals surface area (Å²) in [5.41, 5.74) is 1.71. The standard InChI is InChI=1S/C16H16N6O3/c23-16(6-10-20-9-5-15(19-20)22(24)25)18-14-4-1-3-13(11-14)12-21-8-2-7-17-21/h1-5,7-9,11H,6,10,12H2,(H,18,23). The number of rotatable bonds is 7. The van der Waals surface area contributed by atoms with E-state index < -0.39 is 4.92 Å². The van der Waals surface area contributed by atoms with Gasteiger partial charge in [-0.1, -0.05) is 12.1 Å². The topological polar surface area (TPSA) is 108 Å². The van der Waals surface area contributed by atoms with Crippen molar-refractivity contribution in [3.8, 4) is 0 Å². The van der Waals surface area contributed by atoms with Gasteiger partial charge < -0.3 is 15.4 Å². The summed E-state index contributed by atoms with van der Waals surface area (Å²) in [5, 5.41) is 21.3. The number of nitrogens with zero attached hydrogens (tertiary/aromatic N) is 5. The summed E-state index contributed by atoms with van der Waals surface area (Å²) in [5.74, 6) is -0.416. The maximum Gasteiger partial charge on any atom is 0.389 e. The van der Waals surface area contributed by atoms with Crippen LogP contribution in [0.2, 0.25) is 0 Å². The van der Waals surface area contributed by atoms with Crippen LogP contribution in [0.25, 0.3) is 0 Å². The number of hydrogen-bond acceptors (Lipinski definition) is 5. The third kappa shape index (κ3) is 4.50. The number of nitro groups is 1. The number of aryl methyl sites for hydroxylation is 1. The quantitative estimate of drug-likeness (QED) is 0.523. The zero-order valence-electron chi connectivity index (χ0n) is 13.3. The second-order valence-electron chi connectivity index (χ2n) is 5.40. The van der Waals surface area contributed by atoms with Crippen LogP contribution in [-0.4, -0.2) is 30.4 Å². The Hall–Kier alpha value is -3.49. The number of nitrogens with one attached hydrogen (secondary N) is 1. The van der Waals surface area contributed by atoms with Crippen molar-refractivity contribution in [3.05, 3.63) is 70.7 Å². The second kappa shape index (κ2) is 7.39. The van der Waals surface area contributed by atoms with Crippen molar-refractivity contribution in [3.63, 3.8) is 0 Å². The summed E-state index contributed by atoms with van der Waals surface area (Å²) in [6.45, 7) is 0.889. The van der Waals surface area contributed by atoms with Crippen molar-refractivity contribution in [1.29, 1.82) is 0 Å². The molecule has 1 aromatic carbocycles. The SMILES string of the molecule is O=C(CCn1ccc([N+](=O)[O-])n1)Nc1cccc(Cn2cccn2)c1. The van der Waals surface area contributed by atoms with Gasteiger partial charge in [0.15, 0.2) is 0 Å². The van der Waals surface area contributed by atoms with Crippen LogP contribution >= 0.6 is 0 Å².